The van der Waals surface area contributed by atoms with Crippen molar-refractivity contribution in [2.45, 2.75) is 6.42 Å². The molecular formula is C15H11NO. The lowest BCUT2D eigenvalue weighted by molar-refractivity contribution is 0.106. The molecule has 0 unspecified atom stereocenters. The molecule has 0 saturated heterocycles. The SMILES string of the molecule is O=C(C1=Nc2ccccc2C1)c1ccccc1. The molecule has 1 heterocycles. The molecule has 0 aromatic heterocycles. The van der Waals surface area contributed by atoms with Crippen molar-refractivity contribution >= 4 is 17.2 Å². The van der Waals surface area contributed by atoms with Gasteiger partial charge in [0.2, 0.25) is 5.78 Å². The van der Waals surface area contributed by atoms with Crippen molar-refractivity contribution in [3.63, 3.8) is 0 Å². The maximum atomic E-state index is 12.2. The highest BCUT2D eigenvalue weighted by Gasteiger charge is 2.20. The van der Waals surface area contributed by atoms with Gasteiger partial charge in [0.25, 0.3) is 0 Å². The Morgan fingerprint density at radius 3 is 2.41 bits per heavy atom. The third-order valence-corrected chi connectivity index (χ3v) is 2.90. The maximum Gasteiger partial charge on any atom is 0.207 e. The van der Waals surface area contributed by atoms with E-state index in [1.165, 1.54) is 0 Å². The van der Waals surface area contributed by atoms with Crippen molar-refractivity contribution < 1.29 is 4.79 Å². The van der Waals surface area contributed by atoms with Gasteiger partial charge in [-0.2, -0.15) is 0 Å². The minimum absolute atomic E-state index is 0.0294. The molecule has 0 saturated carbocycles. The molecule has 17 heavy (non-hydrogen) atoms. The molecule has 0 atom stereocenters. The second kappa shape index (κ2) is 3.98. The molecule has 2 heteroatoms. The number of nitrogens with zero attached hydrogens (tertiary/aromatic N) is 1. The minimum atomic E-state index is 0.0294. The molecule has 0 aliphatic carbocycles. The van der Waals surface area contributed by atoms with Gasteiger partial charge >= 0.3 is 0 Å². The van der Waals surface area contributed by atoms with Crippen LogP contribution < -0.4 is 0 Å². The molecule has 2 nitrogen and oxygen atoms in total. The minimum Gasteiger partial charge on any atom is -0.287 e. The highest BCUT2D eigenvalue weighted by Crippen LogP contribution is 2.26. The topological polar surface area (TPSA) is 29.4 Å². The first kappa shape index (κ1) is 9.97. The highest BCUT2D eigenvalue weighted by atomic mass is 16.1. The molecule has 0 spiro atoms. The number of para-hydroxylation sites is 1. The van der Waals surface area contributed by atoms with Crippen LogP contribution in [0.25, 0.3) is 0 Å². The first-order chi connectivity index (χ1) is 8.34. The van der Waals surface area contributed by atoms with E-state index >= 15 is 0 Å². The van der Waals surface area contributed by atoms with Gasteiger partial charge in [-0.1, -0.05) is 48.5 Å². The van der Waals surface area contributed by atoms with E-state index < -0.39 is 0 Å². The summed E-state index contributed by atoms with van der Waals surface area (Å²) in [5.74, 6) is 0.0294. The zero-order valence-corrected chi connectivity index (χ0v) is 9.26. The Labute approximate surface area is 99.6 Å². The van der Waals surface area contributed by atoms with Crippen LogP contribution in [0.3, 0.4) is 0 Å². The van der Waals surface area contributed by atoms with Gasteiger partial charge < -0.3 is 0 Å². The smallest absolute Gasteiger partial charge is 0.207 e. The monoisotopic (exact) mass is 221 g/mol. The number of rotatable bonds is 2. The Kier molecular flexibility index (Phi) is 2.33. The summed E-state index contributed by atoms with van der Waals surface area (Å²) in [4.78, 5) is 16.6. The summed E-state index contributed by atoms with van der Waals surface area (Å²) in [6, 6.07) is 17.2. The summed E-state index contributed by atoms with van der Waals surface area (Å²) >= 11 is 0. The van der Waals surface area contributed by atoms with Gasteiger partial charge in [0.05, 0.1) is 11.4 Å². The van der Waals surface area contributed by atoms with Crippen LogP contribution in [0.5, 0.6) is 0 Å². The molecule has 1 aliphatic heterocycles. The Hall–Kier alpha value is -2.22. The van der Waals surface area contributed by atoms with Crippen molar-refractivity contribution in [1.29, 1.82) is 0 Å². The Balaban J connectivity index is 1.93. The van der Waals surface area contributed by atoms with Gasteiger partial charge in [0.15, 0.2) is 0 Å². The van der Waals surface area contributed by atoms with Gasteiger partial charge in [-0.15, -0.1) is 0 Å². The number of Topliss-reactive ketones (excluding diaryl/α,β-unsaturated/α-hetero) is 1. The number of benzene rings is 2. The third-order valence-electron chi connectivity index (χ3n) is 2.90. The standard InChI is InChI=1S/C15H11NO/c17-15(11-6-2-1-3-7-11)14-10-12-8-4-5-9-13(12)16-14/h1-9H,10H2. The molecule has 1 aliphatic rings. The van der Waals surface area contributed by atoms with Crippen molar-refractivity contribution in [2.24, 2.45) is 4.99 Å². The van der Waals surface area contributed by atoms with E-state index in [1.54, 1.807) is 0 Å². The van der Waals surface area contributed by atoms with Gasteiger partial charge in [0.1, 0.15) is 0 Å². The van der Waals surface area contributed by atoms with Crippen molar-refractivity contribution in [3.8, 4) is 0 Å². The number of aliphatic imine (C=N–C) groups is 1. The summed E-state index contributed by atoms with van der Waals surface area (Å²) in [5.41, 5.74) is 3.40. The van der Waals surface area contributed by atoms with Crippen molar-refractivity contribution in [1.82, 2.24) is 0 Å². The zero-order valence-electron chi connectivity index (χ0n) is 9.26. The second-order valence-corrected chi connectivity index (χ2v) is 4.06. The van der Waals surface area contributed by atoms with Crippen LogP contribution in [0.4, 0.5) is 5.69 Å². The zero-order chi connectivity index (χ0) is 11.7. The van der Waals surface area contributed by atoms with Gasteiger partial charge in [-0.25, -0.2) is 4.99 Å². The molecule has 2 aromatic rings. The number of fused-ring (bicyclic) bond motifs is 1. The van der Waals surface area contributed by atoms with Crippen LogP contribution in [0.15, 0.2) is 59.6 Å². The number of hydrogen-bond donors (Lipinski definition) is 0. The van der Waals surface area contributed by atoms with Gasteiger partial charge in [0, 0.05) is 12.0 Å². The number of ketones is 1. The predicted molar refractivity (Wildman–Crippen MR) is 68.0 cm³/mol. The number of hydrogen-bond acceptors (Lipinski definition) is 2. The second-order valence-electron chi connectivity index (χ2n) is 4.06. The molecular weight excluding hydrogens is 210 g/mol. The van der Waals surface area contributed by atoms with E-state index in [9.17, 15) is 4.79 Å². The third kappa shape index (κ3) is 1.78. The first-order valence-corrected chi connectivity index (χ1v) is 5.60. The lowest BCUT2D eigenvalue weighted by Crippen LogP contribution is -2.13. The van der Waals surface area contributed by atoms with Crippen LogP contribution in [-0.4, -0.2) is 11.5 Å². The number of carbonyl (C=O) groups excluding carboxylic acids is 1. The van der Waals surface area contributed by atoms with Gasteiger partial charge in [-0.05, 0) is 11.6 Å². The maximum absolute atomic E-state index is 12.2. The average Bonchev–Trinajstić information content (AvgIpc) is 2.82. The van der Waals surface area contributed by atoms with E-state index in [-0.39, 0.29) is 5.78 Å². The largest absolute Gasteiger partial charge is 0.287 e. The molecule has 3 rings (SSSR count). The quantitative estimate of drug-likeness (QED) is 0.716. The fraction of sp³-hybridized carbons (Fsp3) is 0.0667. The van der Waals surface area contributed by atoms with Crippen molar-refractivity contribution in [2.75, 3.05) is 0 Å². The lowest BCUT2D eigenvalue weighted by atomic mass is 10.0. The summed E-state index contributed by atoms with van der Waals surface area (Å²) in [5, 5.41) is 0. The summed E-state index contributed by atoms with van der Waals surface area (Å²) < 4.78 is 0. The van der Waals surface area contributed by atoms with E-state index in [0.717, 1.165) is 11.3 Å². The van der Waals surface area contributed by atoms with E-state index in [2.05, 4.69) is 4.99 Å². The molecule has 0 N–H and O–H groups in total. The molecule has 0 amide bonds. The molecule has 82 valence electrons. The number of carbonyl (C=O) groups is 1. The Morgan fingerprint density at radius 1 is 0.941 bits per heavy atom. The van der Waals surface area contributed by atoms with Crippen molar-refractivity contribution in [3.05, 3.63) is 65.7 Å². The normalized spacial score (nSPS) is 13.1. The lowest BCUT2D eigenvalue weighted by Gasteiger charge is -1.99. The Bertz CT molecular complexity index is 599. The van der Waals surface area contributed by atoms with Crippen LogP contribution in [-0.2, 0) is 6.42 Å². The fourth-order valence-electron chi connectivity index (χ4n) is 2.02. The molecule has 2 aromatic carbocycles. The highest BCUT2D eigenvalue weighted by molar-refractivity contribution is 6.47. The van der Waals surface area contributed by atoms with E-state index in [0.29, 0.717) is 17.7 Å². The predicted octanol–water partition coefficient (Wildman–Crippen LogP) is 3.20. The van der Waals surface area contributed by atoms with E-state index in [4.69, 9.17) is 0 Å². The summed E-state index contributed by atoms with van der Waals surface area (Å²) in [6.07, 6.45) is 0.643. The fourth-order valence-corrected chi connectivity index (χ4v) is 2.02. The van der Waals surface area contributed by atoms with E-state index in [1.807, 2.05) is 54.6 Å². The molecule has 0 radical (unpaired) electrons. The summed E-state index contributed by atoms with van der Waals surface area (Å²) in [7, 11) is 0. The summed E-state index contributed by atoms with van der Waals surface area (Å²) in [6.45, 7) is 0. The van der Waals surface area contributed by atoms with Crippen LogP contribution in [0, 0.1) is 0 Å². The van der Waals surface area contributed by atoms with Crippen LogP contribution >= 0.6 is 0 Å². The first-order valence-electron chi connectivity index (χ1n) is 5.60. The van der Waals surface area contributed by atoms with Crippen LogP contribution in [0.2, 0.25) is 0 Å². The Morgan fingerprint density at radius 2 is 1.65 bits per heavy atom. The van der Waals surface area contributed by atoms with Gasteiger partial charge in [-0.3, -0.25) is 4.79 Å². The molecule has 0 bridgehead atoms. The molecule has 0 fully saturated rings. The average molecular weight is 221 g/mol. The van der Waals surface area contributed by atoms with Crippen LogP contribution in [0.1, 0.15) is 15.9 Å².